The number of methoxy groups -OCH3 is 2. The number of benzene rings is 1. The molecule has 2 aromatic rings. The van der Waals surface area contributed by atoms with E-state index in [9.17, 15) is 4.79 Å². The molecule has 7 heteroatoms. The zero-order valence-electron chi connectivity index (χ0n) is 12.9. The fraction of sp³-hybridized carbons (Fsp3) is 0.429. The van der Waals surface area contributed by atoms with Crippen molar-refractivity contribution in [2.45, 2.75) is 13.0 Å². The third-order valence-electron chi connectivity index (χ3n) is 3.41. The van der Waals surface area contributed by atoms with Gasteiger partial charge in [0.25, 0.3) is 0 Å². The standard InChI is InChI=1S/C14H20N4O3/c1-8(13(19)17(2)3)18-10-7-12(21-5)11(20-4)6-9(10)16-14(18)15/h6-8H,1-5H3,(H2,15,16). The molecule has 0 fully saturated rings. The molecule has 21 heavy (non-hydrogen) atoms. The molecule has 1 aromatic heterocycles. The predicted octanol–water partition coefficient (Wildman–Crippen LogP) is 1.28. The lowest BCUT2D eigenvalue weighted by molar-refractivity contribution is -0.131. The van der Waals surface area contributed by atoms with Gasteiger partial charge in [0, 0.05) is 26.2 Å². The third-order valence-corrected chi connectivity index (χ3v) is 3.41. The van der Waals surface area contributed by atoms with Gasteiger partial charge in [0.15, 0.2) is 11.5 Å². The molecule has 0 radical (unpaired) electrons. The van der Waals surface area contributed by atoms with E-state index in [1.165, 1.54) is 4.90 Å². The number of nitrogen functional groups attached to an aromatic ring is 1. The van der Waals surface area contributed by atoms with E-state index < -0.39 is 6.04 Å². The van der Waals surface area contributed by atoms with Crippen LogP contribution in [0, 0.1) is 0 Å². The van der Waals surface area contributed by atoms with Crippen LogP contribution in [0.25, 0.3) is 11.0 Å². The normalized spacial score (nSPS) is 12.2. The molecular formula is C14H20N4O3. The van der Waals surface area contributed by atoms with Crippen LogP contribution in [0.2, 0.25) is 0 Å². The molecule has 0 spiro atoms. The lowest BCUT2D eigenvalue weighted by Gasteiger charge is -2.19. The van der Waals surface area contributed by atoms with Gasteiger partial charge in [-0.3, -0.25) is 9.36 Å². The molecule has 1 heterocycles. The van der Waals surface area contributed by atoms with Crippen LogP contribution in [-0.4, -0.2) is 48.7 Å². The maximum Gasteiger partial charge on any atom is 0.244 e. The molecule has 0 saturated heterocycles. The van der Waals surface area contributed by atoms with Crippen molar-refractivity contribution in [3.63, 3.8) is 0 Å². The van der Waals surface area contributed by atoms with E-state index in [2.05, 4.69) is 4.98 Å². The molecule has 1 atom stereocenters. The van der Waals surface area contributed by atoms with Gasteiger partial charge >= 0.3 is 0 Å². The largest absolute Gasteiger partial charge is 0.493 e. The highest BCUT2D eigenvalue weighted by atomic mass is 16.5. The molecule has 2 rings (SSSR count). The van der Waals surface area contributed by atoms with Crippen molar-refractivity contribution in [2.75, 3.05) is 34.0 Å². The number of aromatic nitrogens is 2. The summed E-state index contributed by atoms with van der Waals surface area (Å²) in [6.45, 7) is 1.79. The van der Waals surface area contributed by atoms with Gasteiger partial charge in [0.1, 0.15) is 6.04 Å². The van der Waals surface area contributed by atoms with E-state index in [0.717, 1.165) is 5.52 Å². The van der Waals surface area contributed by atoms with E-state index in [1.54, 1.807) is 51.9 Å². The number of hydrogen-bond acceptors (Lipinski definition) is 5. The Labute approximate surface area is 123 Å². The summed E-state index contributed by atoms with van der Waals surface area (Å²) in [7, 11) is 6.53. The second-order valence-corrected chi connectivity index (χ2v) is 4.94. The number of rotatable bonds is 4. The summed E-state index contributed by atoms with van der Waals surface area (Å²) < 4.78 is 12.2. The molecule has 0 aliphatic rings. The number of fused-ring (bicyclic) bond motifs is 1. The summed E-state index contributed by atoms with van der Waals surface area (Å²) in [5, 5.41) is 0. The Morgan fingerprint density at radius 1 is 1.29 bits per heavy atom. The number of amides is 1. The number of carbonyl (C=O) groups is 1. The SMILES string of the molecule is COc1cc2nc(N)n(C(C)C(=O)N(C)C)c2cc1OC. The highest BCUT2D eigenvalue weighted by molar-refractivity contribution is 5.87. The third kappa shape index (κ3) is 2.46. The molecule has 0 aliphatic heterocycles. The number of hydrogen-bond donors (Lipinski definition) is 1. The second kappa shape index (κ2) is 5.51. The fourth-order valence-corrected chi connectivity index (χ4v) is 2.33. The number of imidazole rings is 1. The van der Waals surface area contributed by atoms with E-state index >= 15 is 0 Å². The summed E-state index contributed by atoms with van der Waals surface area (Å²) in [5.41, 5.74) is 7.36. The Hall–Kier alpha value is -2.44. The number of nitrogens with zero attached hydrogens (tertiary/aromatic N) is 3. The Balaban J connectivity index is 2.64. The molecule has 0 aliphatic carbocycles. The summed E-state index contributed by atoms with van der Waals surface area (Å²) in [6.07, 6.45) is 0. The Morgan fingerprint density at radius 3 is 2.38 bits per heavy atom. The fourth-order valence-electron chi connectivity index (χ4n) is 2.33. The molecule has 1 amide bonds. The van der Waals surface area contributed by atoms with Crippen LogP contribution in [0.5, 0.6) is 11.5 Å². The first-order chi connectivity index (χ1) is 9.90. The van der Waals surface area contributed by atoms with E-state index in [0.29, 0.717) is 17.0 Å². The van der Waals surface area contributed by atoms with Crippen molar-refractivity contribution in [1.82, 2.24) is 14.5 Å². The molecule has 7 nitrogen and oxygen atoms in total. The molecule has 114 valence electrons. The van der Waals surface area contributed by atoms with Crippen LogP contribution in [0.3, 0.4) is 0 Å². The smallest absolute Gasteiger partial charge is 0.244 e. The number of nitrogens with two attached hydrogens (primary N) is 1. The first kappa shape index (κ1) is 15.0. The topological polar surface area (TPSA) is 82.6 Å². The van der Waals surface area contributed by atoms with Crippen LogP contribution in [0.15, 0.2) is 12.1 Å². The number of anilines is 1. The summed E-state index contributed by atoms with van der Waals surface area (Å²) in [5.74, 6) is 1.36. The van der Waals surface area contributed by atoms with Crippen molar-refractivity contribution < 1.29 is 14.3 Å². The van der Waals surface area contributed by atoms with Crippen molar-refractivity contribution in [3.8, 4) is 11.5 Å². The minimum absolute atomic E-state index is 0.0595. The monoisotopic (exact) mass is 292 g/mol. The van der Waals surface area contributed by atoms with Crippen LogP contribution >= 0.6 is 0 Å². The van der Waals surface area contributed by atoms with Crippen molar-refractivity contribution >= 4 is 22.9 Å². The van der Waals surface area contributed by atoms with Crippen molar-refractivity contribution in [1.29, 1.82) is 0 Å². The van der Waals surface area contributed by atoms with Gasteiger partial charge in [-0.05, 0) is 6.92 Å². The highest BCUT2D eigenvalue weighted by Gasteiger charge is 2.23. The molecule has 2 N–H and O–H groups in total. The van der Waals surface area contributed by atoms with Crippen molar-refractivity contribution in [2.24, 2.45) is 0 Å². The predicted molar refractivity (Wildman–Crippen MR) is 80.7 cm³/mol. The van der Waals surface area contributed by atoms with Gasteiger partial charge in [-0.2, -0.15) is 0 Å². The van der Waals surface area contributed by atoms with Crippen molar-refractivity contribution in [3.05, 3.63) is 12.1 Å². The molecular weight excluding hydrogens is 272 g/mol. The number of likely N-dealkylation sites (N-methyl/N-ethyl adjacent to an activating group) is 1. The number of carbonyl (C=O) groups excluding carboxylic acids is 1. The average Bonchev–Trinajstić information content (AvgIpc) is 2.78. The van der Waals surface area contributed by atoms with Crippen LogP contribution in [-0.2, 0) is 4.79 Å². The van der Waals surface area contributed by atoms with E-state index in [4.69, 9.17) is 15.2 Å². The minimum atomic E-state index is -0.455. The Bertz CT molecular complexity index is 678. The van der Waals surface area contributed by atoms with Gasteiger partial charge in [-0.15, -0.1) is 0 Å². The summed E-state index contributed by atoms with van der Waals surface area (Å²) in [4.78, 5) is 18.0. The van der Waals surface area contributed by atoms with Crippen LogP contribution in [0.4, 0.5) is 5.95 Å². The summed E-state index contributed by atoms with van der Waals surface area (Å²) in [6, 6.07) is 3.06. The highest BCUT2D eigenvalue weighted by Crippen LogP contribution is 2.34. The van der Waals surface area contributed by atoms with Gasteiger partial charge in [0.05, 0.1) is 25.3 Å². The zero-order valence-corrected chi connectivity index (χ0v) is 12.9. The number of ether oxygens (including phenoxy) is 2. The first-order valence-corrected chi connectivity index (χ1v) is 6.51. The second-order valence-electron chi connectivity index (χ2n) is 4.94. The first-order valence-electron chi connectivity index (χ1n) is 6.51. The summed E-state index contributed by atoms with van der Waals surface area (Å²) >= 11 is 0. The molecule has 0 saturated carbocycles. The molecule has 1 aromatic carbocycles. The van der Waals surface area contributed by atoms with E-state index in [-0.39, 0.29) is 11.9 Å². The minimum Gasteiger partial charge on any atom is -0.493 e. The Morgan fingerprint density at radius 2 is 1.86 bits per heavy atom. The lowest BCUT2D eigenvalue weighted by Crippen LogP contribution is -2.30. The van der Waals surface area contributed by atoms with Crippen LogP contribution in [0.1, 0.15) is 13.0 Å². The zero-order chi connectivity index (χ0) is 15.7. The van der Waals surface area contributed by atoms with Gasteiger partial charge in [0.2, 0.25) is 11.9 Å². The quantitative estimate of drug-likeness (QED) is 0.918. The lowest BCUT2D eigenvalue weighted by atomic mass is 10.2. The average molecular weight is 292 g/mol. The molecule has 0 bridgehead atoms. The van der Waals surface area contributed by atoms with Gasteiger partial charge in [-0.1, -0.05) is 0 Å². The van der Waals surface area contributed by atoms with Crippen LogP contribution < -0.4 is 15.2 Å². The molecule has 1 unspecified atom stereocenters. The maximum atomic E-state index is 12.2. The van der Waals surface area contributed by atoms with E-state index in [1.807, 2.05) is 0 Å². The van der Waals surface area contributed by atoms with Gasteiger partial charge < -0.3 is 20.1 Å². The maximum absolute atomic E-state index is 12.2. The Kier molecular flexibility index (Phi) is 3.93. The van der Waals surface area contributed by atoms with Gasteiger partial charge in [-0.25, -0.2) is 4.98 Å².